The second-order valence-corrected chi connectivity index (χ2v) is 4.13. The summed E-state index contributed by atoms with van der Waals surface area (Å²) in [4.78, 5) is 15.9. The maximum Gasteiger partial charge on any atom is 0.339 e. The molecular formula is C13H21NO2. The van der Waals surface area contributed by atoms with Gasteiger partial charge in [-0.2, -0.15) is 0 Å². The molecule has 16 heavy (non-hydrogen) atoms. The van der Waals surface area contributed by atoms with Gasteiger partial charge in [-0.05, 0) is 25.2 Å². The van der Waals surface area contributed by atoms with E-state index in [1.807, 2.05) is 13.0 Å². The number of hydrogen-bond donors (Lipinski definition) is 0. The van der Waals surface area contributed by atoms with E-state index in [-0.39, 0.29) is 5.97 Å². The number of allylic oxidation sites excluding steroid dienone is 1. The molecule has 0 bridgehead atoms. The van der Waals surface area contributed by atoms with Gasteiger partial charge in [0, 0.05) is 12.8 Å². The van der Waals surface area contributed by atoms with E-state index in [2.05, 4.69) is 11.9 Å². The fourth-order valence-corrected chi connectivity index (χ4v) is 1.78. The zero-order valence-corrected chi connectivity index (χ0v) is 10.2. The van der Waals surface area contributed by atoms with Gasteiger partial charge in [0.2, 0.25) is 0 Å². The number of nitrogens with zero attached hydrogens (tertiary/aromatic N) is 1. The molecule has 3 nitrogen and oxygen atoms in total. The van der Waals surface area contributed by atoms with Crippen molar-refractivity contribution >= 4 is 12.2 Å². The third-order valence-corrected chi connectivity index (χ3v) is 2.61. The number of esters is 1. The molecule has 0 aromatic carbocycles. The molecule has 1 atom stereocenters. The maximum absolute atomic E-state index is 11.7. The summed E-state index contributed by atoms with van der Waals surface area (Å²) in [6.07, 6.45) is 7.83. The molecule has 0 aromatic rings. The molecule has 0 spiro atoms. The van der Waals surface area contributed by atoms with Crippen LogP contribution in [0.1, 0.15) is 39.5 Å². The Labute approximate surface area is 97.6 Å². The van der Waals surface area contributed by atoms with Crippen LogP contribution in [-0.2, 0) is 9.53 Å². The van der Waals surface area contributed by atoms with Crippen LogP contribution < -0.4 is 0 Å². The van der Waals surface area contributed by atoms with E-state index in [1.54, 1.807) is 6.21 Å². The summed E-state index contributed by atoms with van der Waals surface area (Å²) in [6.45, 7) is 5.45. The number of aliphatic imine (C=N–C) groups is 1. The van der Waals surface area contributed by atoms with Crippen LogP contribution in [0.4, 0.5) is 0 Å². The standard InChI is InChI=1S/C13H21NO2/c1-3-5-11-6-7-14-10-12(9-11)13(15)16-8-4-2/h9-11H,3-8H2,1-2H3. The van der Waals surface area contributed by atoms with Crippen LogP contribution in [0.3, 0.4) is 0 Å². The first-order valence-corrected chi connectivity index (χ1v) is 6.16. The number of rotatable bonds is 5. The average Bonchev–Trinajstić information content (AvgIpc) is 2.52. The van der Waals surface area contributed by atoms with E-state index in [0.29, 0.717) is 18.1 Å². The van der Waals surface area contributed by atoms with Gasteiger partial charge in [0.1, 0.15) is 0 Å². The van der Waals surface area contributed by atoms with Crippen molar-refractivity contribution in [2.75, 3.05) is 13.2 Å². The second-order valence-electron chi connectivity index (χ2n) is 4.13. The third-order valence-electron chi connectivity index (χ3n) is 2.61. The van der Waals surface area contributed by atoms with Crippen molar-refractivity contribution in [1.29, 1.82) is 0 Å². The number of ether oxygens (including phenoxy) is 1. The Hall–Kier alpha value is -1.12. The molecule has 0 aliphatic carbocycles. The summed E-state index contributed by atoms with van der Waals surface area (Å²) < 4.78 is 5.11. The monoisotopic (exact) mass is 223 g/mol. The lowest BCUT2D eigenvalue weighted by Crippen LogP contribution is -2.10. The topological polar surface area (TPSA) is 38.7 Å². The van der Waals surface area contributed by atoms with Crippen molar-refractivity contribution in [2.24, 2.45) is 10.9 Å². The van der Waals surface area contributed by atoms with Gasteiger partial charge in [0.05, 0.1) is 12.2 Å². The quantitative estimate of drug-likeness (QED) is 0.672. The van der Waals surface area contributed by atoms with Gasteiger partial charge in [-0.3, -0.25) is 4.99 Å². The summed E-state index contributed by atoms with van der Waals surface area (Å²) in [5, 5.41) is 0. The van der Waals surface area contributed by atoms with Crippen molar-refractivity contribution in [3.8, 4) is 0 Å². The van der Waals surface area contributed by atoms with Crippen LogP contribution in [-0.4, -0.2) is 25.3 Å². The van der Waals surface area contributed by atoms with Crippen LogP contribution in [0.25, 0.3) is 0 Å². The van der Waals surface area contributed by atoms with E-state index in [1.165, 1.54) is 0 Å². The van der Waals surface area contributed by atoms with Gasteiger partial charge < -0.3 is 4.74 Å². The molecule has 0 fully saturated rings. The first kappa shape index (κ1) is 12.9. The Morgan fingerprint density at radius 3 is 3.00 bits per heavy atom. The Balaban J connectivity index is 2.62. The van der Waals surface area contributed by atoms with Gasteiger partial charge in [0.25, 0.3) is 0 Å². The van der Waals surface area contributed by atoms with Crippen molar-refractivity contribution in [1.82, 2.24) is 0 Å². The van der Waals surface area contributed by atoms with Crippen LogP contribution >= 0.6 is 0 Å². The fourth-order valence-electron chi connectivity index (χ4n) is 1.78. The Morgan fingerprint density at radius 2 is 2.31 bits per heavy atom. The van der Waals surface area contributed by atoms with Gasteiger partial charge in [-0.1, -0.05) is 26.3 Å². The number of hydrogen-bond acceptors (Lipinski definition) is 3. The lowest BCUT2D eigenvalue weighted by Gasteiger charge is -2.09. The molecule has 0 saturated heterocycles. The van der Waals surface area contributed by atoms with E-state index in [4.69, 9.17) is 4.74 Å². The molecule has 0 radical (unpaired) electrons. The molecule has 90 valence electrons. The summed E-state index contributed by atoms with van der Waals surface area (Å²) >= 11 is 0. The molecule has 1 aliphatic rings. The minimum atomic E-state index is -0.228. The van der Waals surface area contributed by atoms with Gasteiger partial charge in [-0.15, -0.1) is 0 Å². The largest absolute Gasteiger partial charge is 0.462 e. The summed E-state index contributed by atoms with van der Waals surface area (Å²) in [7, 11) is 0. The molecule has 0 N–H and O–H groups in total. The van der Waals surface area contributed by atoms with Crippen molar-refractivity contribution in [3.05, 3.63) is 11.6 Å². The fraction of sp³-hybridized carbons (Fsp3) is 0.692. The highest BCUT2D eigenvalue weighted by Crippen LogP contribution is 2.17. The highest BCUT2D eigenvalue weighted by atomic mass is 16.5. The summed E-state index contributed by atoms with van der Waals surface area (Å²) in [5.74, 6) is 0.241. The summed E-state index contributed by atoms with van der Waals surface area (Å²) in [6, 6.07) is 0. The molecule has 0 aromatic heterocycles. The predicted molar refractivity (Wildman–Crippen MR) is 65.7 cm³/mol. The maximum atomic E-state index is 11.7. The van der Waals surface area contributed by atoms with Crippen LogP contribution in [0.5, 0.6) is 0 Å². The highest BCUT2D eigenvalue weighted by Gasteiger charge is 2.14. The molecule has 1 rings (SSSR count). The first-order valence-electron chi connectivity index (χ1n) is 6.16. The highest BCUT2D eigenvalue weighted by molar-refractivity contribution is 6.09. The molecule has 1 aliphatic heterocycles. The normalized spacial score (nSPS) is 20.1. The Kier molecular flexibility index (Phi) is 5.83. The lowest BCUT2D eigenvalue weighted by molar-refractivity contribution is -0.138. The first-order chi connectivity index (χ1) is 7.77. The molecule has 0 saturated carbocycles. The van der Waals surface area contributed by atoms with Gasteiger partial charge in [-0.25, -0.2) is 4.79 Å². The average molecular weight is 223 g/mol. The SMILES string of the molecule is CCCOC(=O)C1=CC(CCC)CCN=C1. The van der Waals surface area contributed by atoms with E-state index in [9.17, 15) is 4.79 Å². The Bertz CT molecular complexity index is 282. The third kappa shape index (κ3) is 4.17. The van der Waals surface area contributed by atoms with Gasteiger partial charge >= 0.3 is 5.97 Å². The van der Waals surface area contributed by atoms with Crippen molar-refractivity contribution < 1.29 is 9.53 Å². The molecule has 3 heteroatoms. The van der Waals surface area contributed by atoms with Crippen molar-refractivity contribution in [3.63, 3.8) is 0 Å². The number of carbonyl (C=O) groups is 1. The lowest BCUT2D eigenvalue weighted by atomic mass is 9.98. The van der Waals surface area contributed by atoms with E-state index < -0.39 is 0 Å². The van der Waals surface area contributed by atoms with Gasteiger partial charge in [0.15, 0.2) is 0 Å². The smallest absolute Gasteiger partial charge is 0.339 e. The minimum absolute atomic E-state index is 0.228. The van der Waals surface area contributed by atoms with E-state index in [0.717, 1.165) is 32.2 Å². The summed E-state index contributed by atoms with van der Waals surface area (Å²) in [5.41, 5.74) is 0.629. The number of carbonyl (C=O) groups excluding carboxylic acids is 1. The van der Waals surface area contributed by atoms with Crippen LogP contribution in [0.2, 0.25) is 0 Å². The second kappa shape index (κ2) is 7.20. The van der Waals surface area contributed by atoms with Crippen LogP contribution in [0, 0.1) is 5.92 Å². The Morgan fingerprint density at radius 1 is 1.50 bits per heavy atom. The zero-order chi connectivity index (χ0) is 11.8. The van der Waals surface area contributed by atoms with Crippen molar-refractivity contribution in [2.45, 2.75) is 39.5 Å². The predicted octanol–water partition coefficient (Wildman–Crippen LogP) is 2.76. The molecule has 0 amide bonds. The minimum Gasteiger partial charge on any atom is -0.462 e. The van der Waals surface area contributed by atoms with E-state index >= 15 is 0 Å². The molecule has 1 heterocycles. The molecule has 1 unspecified atom stereocenters. The molecular weight excluding hydrogens is 202 g/mol. The zero-order valence-electron chi connectivity index (χ0n) is 10.2. The van der Waals surface area contributed by atoms with Crippen LogP contribution in [0.15, 0.2) is 16.6 Å².